The summed E-state index contributed by atoms with van der Waals surface area (Å²) in [6.45, 7) is 4.69. The number of amides is 1. The third kappa shape index (κ3) is 5.35. The molecule has 1 heterocycles. The predicted molar refractivity (Wildman–Crippen MR) is 111 cm³/mol. The number of thioether (sulfide) groups is 1. The summed E-state index contributed by atoms with van der Waals surface area (Å²) in [5.41, 5.74) is 3.35. The number of rotatable bonds is 8. The zero-order valence-electron chi connectivity index (χ0n) is 16.6. The number of halogens is 1. The van der Waals surface area contributed by atoms with Crippen molar-refractivity contribution < 1.29 is 13.9 Å². The van der Waals surface area contributed by atoms with Gasteiger partial charge in [0.25, 0.3) is 0 Å². The molecule has 0 radical (unpaired) electrons. The maximum absolute atomic E-state index is 13.6. The van der Waals surface area contributed by atoms with Crippen LogP contribution in [-0.2, 0) is 4.79 Å². The highest BCUT2D eigenvalue weighted by Gasteiger charge is 2.14. The Morgan fingerprint density at radius 2 is 2.00 bits per heavy atom. The molecule has 0 fully saturated rings. The molecule has 6 nitrogen and oxygen atoms in total. The number of likely N-dealkylation sites (N-methyl/N-ethyl adjacent to an activating group) is 1. The number of aromatic nitrogens is 3. The lowest BCUT2D eigenvalue weighted by Gasteiger charge is -2.17. The van der Waals surface area contributed by atoms with Crippen molar-refractivity contribution in [3.8, 4) is 11.4 Å². The van der Waals surface area contributed by atoms with Crippen LogP contribution < -0.4 is 4.74 Å². The maximum atomic E-state index is 13.6. The monoisotopic (exact) mass is 414 g/mol. The van der Waals surface area contributed by atoms with E-state index in [-0.39, 0.29) is 24.0 Å². The second kappa shape index (κ2) is 9.56. The molecule has 0 unspecified atom stereocenters. The van der Waals surface area contributed by atoms with Gasteiger partial charge in [0, 0.05) is 12.7 Å². The average Bonchev–Trinajstić information content (AvgIpc) is 3.18. The van der Waals surface area contributed by atoms with Crippen LogP contribution in [0.1, 0.15) is 11.1 Å². The molecule has 0 N–H and O–H groups in total. The van der Waals surface area contributed by atoms with Gasteiger partial charge in [0.15, 0.2) is 16.7 Å². The molecule has 0 bridgehead atoms. The number of nitrogens with zero attached hydrogens (tertiary/aromatic N) is 4. The van der Waals surface area contributed by atoms with Gasteiger partial charge in [-0.05, 0) is 49.2 Å². The molecule has 0 aliphatic rings. The van der Waals surface area contributed by atoms with Gasteiger partial charge in [-0.2, -0.15) is 0 Å². The molecule has 1 aromatic heterocycles. The third-order valence-electron chi connectivity index (χ3n) is 4.56. The Morgan fingerprint density at radius 1 is 1.21 bits per heavy atom. The molecule has 1 amide bonds. The summed E-state index contributed by atoms with van der Waals surface area (Å²) in [6, 6.07) is 12.3. The summed E-state index contributed by atoms with van der Waals surface area (Å²) in [7, 11) is 1.70. The first kappa shape index (κ1) is 20.9. The van der Waals surface area contributed by atoms with Gasteiger partial charge >= 0.3 is 0 Å². The normalized spacial score (nSPS) is 10.8. The SMILES string of the molecule is Cc1ccc(-n2cnnc2SCC(=O)N(C)CCOc2ccccc2F)cc1C. The molecule has 0 saturated heterocycles. The van der Waals surface area contributed by atoms with Crippen molar-refractivity contribution in [2.24, 2.45) is 0 Å². The van der Waals surface area contributed by atoms with Crippen LogP contribution in [-0.4, -0.2) is 51.5 Å². The lowest BCUT2D eigenvalue weighted by molar-refractivity contribution is -0.127. The molecule has 3 aromatic rings. The zero-order valence-corrected chi connectivity index (χ0v) is 17.4. The molecule has 2 aromatic carbocycles. The molecular formula is C21H23FN4O2S. The van der Waals surface area contributed by atoms with Gasteiger partial charge < -0.3 is 9.64 Å². The van der Waals surface area contributed by atoms with E-state index in [2.05, 4.69) is 30.1 Å². The van der Waals surface area contributed by atoms with E-state index in [4.69, 9.17) is 4.74 Å². The van der Waals surface area contributed by atoms with Gasteiger partial charge in [-0.25, -0.2) is 4.39 Å². The molecule has 3 rings (SSSR count). The second-order valence-corrected chi connectivity index (χ2v) is 7.58. The molecule has 0 aliphatic heterocycles. The van der Waals surface area contributed by atoms with Gasteiger partial charge in [-0.3, -0.25) is 9.36 Å². The number of para-hydroxylation sites is 1. The fourth-order valence-corrected chi connectivity index (χ4v) is 3.46. The fourth-order valence-electron chi connectivity index (χ4n) is 2.59. The average molecular weight is 415 g/mol. The Balaban J connectivity index is 1.52. The van der Waals surface area contributed by atoms with E-state index in [9.17, 15) is 9.18 Å². The minimum Gasteiger partial charge on any atom is -0.489 e. The first-order chi connectivity index (χ1) is 14.0. The summed E-state index contributed by atoms with van der Waals surface area (Å²) < 4.78 is 20.8. The molecule has 8 heteroatoms. The number of hydrogen-bond donors (Lipinski definition) is 0. The minimum atomic E-state index is -0.414. The highest BCUT2D eigenvalue weighted by Crippen LogP contribution is 2.21. The summed E-state index contributed by atoms with van der Waals surface area (Å²) in [5.74, 6) is -0.0755. The van der Waals surface area contributed by atoms with E-state index < -0.39 is 5.82 Å². The fraction of sp³-hybridized carbons (Fsp3) is 0.286. The Kier molecular flexibility index (Phi) is 6.87. The highest BCUT2D eigenvalue weighted by molar-refractivity contribution is 7.99. The van der Waals surface area contributed by atoms with Gasteiger partial charge in [0.2, 0.25) is 5.91 Å². The first-order valence-corrected chi connectivity index (χ1v) is 10.2. The first-order valence-electron chi connectivity index (χ1n) is 9.17. The third-order valence-corrected chi connectivity index (χ3v) is 5.48. The van der Waals surface area contributed by atoms with Gasteiger partial charge in [-0.1, -0.05) is 30.0 Å². The van der Waals surface area contributed by atoms with Gasteiger partial charge in [0.1, 0.15) is 12.9 Å². The molecule has 0 aliphatic carbocycles. The molecule has 29 heavy (non-hydrogen) atoms. The van der Waals surface area contributed by atoms with E-state index in [1.54, 1.807) is 36.5 Å². The van der Waals surface area contributed by atoms with Crippen molar-refractivity contribution >= 4 is 17.7 Å². The number of ether oxygens (including phenoxy) is 1. The van der Waals surface area contributed by atoms with Crippen molar-refractivity contribution in [1.29, 1.82) is 0 Å². The van der Waals surface area contributed by atoms with E-state index in [1.165, 1.54) is 29.0 Å². The lowest BCUT2D eigenvalue weighted by Crippen LogP contribution is -2.32. The second-order valence-electron chi connectivity index (χ2n) is 6.63. The van der Waals surface area contributed by atoms with Gasteiger partial charge in [0.05, 0.1) is 12.3 Å². The smallest absolute Gasteiger partial charge is 0.232 e. The van der Waals surface area contributed by atoms with Crippen LogP contribution in [0.3, 0.4) is 0 Å². The lowest BCUT2D eigenvalue weighted by atomic mass is 10.1. The van der Waals surface area contributed by atoms with Crippen molar-refractivity contribution in [1.82, 2.24) is 19.7 Å². The number of carbonyl (C=O) groups excluding carboxylic acids is 1. The van der Waals surface area contributed by atoms with Crippen molar-refractivity contribution in [3.05, 3.63) is 65.7 Å². The molecular weight excluding hydrogens is 391 g/mol. The Hall–Kier alpha value is -2.87. The molecule has 0 spiro atoms. The Bertz CT molecular complexity index is 992. The summed E-state index contributed by atoms with van der Waals surface area (Å²) in [5, 5.41) is 8.75. The van der Waals surface area contributed by atoms with Crippen LogP contribution in [0.25, 0.3) is 5.69 Å². The number of hydrogen-bond acceptors (Lipinski definition) is 5. The minimum absolute atomic E-state index is 0.0678. The van der Waals surface area contributed by atoms with Gasteiger partial charge in [-0.15, -0.1) is 10.2 Å². The van der Waals surface area contributed by atoms with Crippen LogP contribution >= 0.6 is 11.8 Å². The standard InChI is InChI=1S/C21H23FN4O2S/c1-15-8-9-17(12-16(15)2)26-14-23-24-21(26)29-13-20(27)25(3)10-11-28-19-7-5-4-6-18(19)22/h4-9,12,14H,10-11,13H2,1-3H3. The maximum Gasteiger partial charge on any atom is 0.232 e. The number of benzene rings is 2. The van der Waals surface area contributed by atoms with Crippen LogP contribution in [0.4, 0.5) is 4.39 Å². The number of carbonyl (C=O) groups is 1. The Morgan fingerprint density at radius 3 is 2.76 bits per heavy atom. The van der Waals surface area contributed by atoms with Crippen LogP contribution in [0, 0.1) is 19.7 Å². The van der Waals surface area contributed by atoms with Crippen molar-refractivity contribution in [2.45, 2.75) is 19.0 Å². The topological polar surface area (TPSA) is 60.2 Å². The largest absolute Gasteiger partial charge is 0.489 e. The van der Waals surface area contributed by atoms with Crippen LogP contribution in [0.2, 0.25) is 0 Å². The van der Waals surface area contributed by atoms with Crippen LogP contribution in [0.15, 0.2) is 53.9 Å². The van der Waals surface area contributed by atoms with E-state index in [0.717, 1.165) is 5.69 Å². The predicted octanol–water partition coefficient (Wildman–Crippen LogP) is 3.65. The summed E-state index contributed by atoms with van der Waals surface area (Å²) >= 11 is 1.32. The van der Waals surface area contributed by atoms with E-state index >= 15 is 0 Å². The van der Waals surface area contributed by atoms with Crippen molar-refractivity contribution in [3.63, 3.8) is 0 Å². The Labute approximate surface area is 173 Å². The summed E-state index contributed by atoms with van der Waals surface area (Å²) in [4.78, 5) is 14.0. The molecule has 0 saturated carbocycles. The number of aryl methyl sites for hydroxylation is 2. The van der Waals surface area contributed by atoms with Crippen molar-refractivity contribution in [2.75, 3.05) is 26.0 Å². The van der Waals surface area contributed by atoms with Crippen LogP contribution in [0.5, 0.6) is 5.75 Å². The van der Waals surface area contributed by atoms with E-state index in [0.29, 0.717) is 11.7 Å². The summed E-state index contributed by atoms with van der Waals surface area (Å²) in [6.07, 6.45) is 1.64. The van der Waals surface area contributed by atoms with E-state index in [1.807, 2.05) is 16.7 Å². The molecule has 152 valence electrons. The quantitative estimate of drug-likeness (QED) is 0.527. The highest BCUT2D eigenvalue weighted by atomic mass is 32.2. The zero-order chi connectivity index (χ0) is 20.8. The molecule has 0 atom stereocenters.